The predicted octanol–water partition coefficient (Wildman–Crippen LogP) is 3.58. The lowest BCUT2D eigenvalue weighted by molar-refractivity contribution is -0.144. The summed E-state index contributed by atoms with van der Waals surface area (Å²) in [5.74, 6) is -1.40. The largest absolute Gasteiger partial charge is 0.355 e. The summed E-state index contributed by atoms with van der Waals surface area (Å²) in [6.07, 6.45) is 1.70. The third-order valence-corrected chi connectivity index (χ3v) is 7.91. The molecule has 29 heavy (non-hydrogen) atoms. The number of pyridine rings is 1. The van der Waals surface area contributed by atoms with E-state index >= 15 is 0 Å². The molecule has 1 fully saturated rings. The summed E-state index contributed by atoms with van der Waals surface area (Å²) in [6, 6.07) is 11.2. The number of ether oxygens (including phenoxy) is 2. The predicted molar refractivity (Wildman–Crippen MR) is 110 cm³/mol. The molecule has 0 unspecified atom stereocenters. The zero-order valence-corrected chi connectivity index (χ0v) is 16.7. The molecule has 2 aliphatic heterocycles. The van der Waals surface area contributed by atoms with Gasteiger partial charge in [0.15, 0.2) is 9.84 Å². The first-order valence-corrected chi connectivity index (χ1v) is 11.6. The van der Waals surface area contributed by atoms with E-state index in [-0.39, 0.29) is 10.6 Å². The minimum absolute atomic E-state index is 0.199. The summed E-state index contributed by atoms with van der Waals surface area (Å²) in [4.78, 5) is 9.05. The Kier molecular flexibility index (Phi) is 3.55. The van der Waals surface area contributed by atoms with Crippen LogP contribution in [0.3, 0.4) is 0 Å². The van der Waals surface area contributed by atoms with Gasteiger partial charge < -0.3 is 14.8 Å². The third kappa shape index (κ3) is 2.58. The second kappa shape index (κ2) is 5.96. The average molecular weight is 425 g/mol. The highest BCUT2D eigenvalue weighted by molar-refractivity contribution is 7.91. The molecule has 0 aliphatic carbocycles. The Labute approximate surface area is 170 Å². The smallest absolute Gasteiger partial charge is 0.211 e. The van der Waals surface area contributed by atoms with Crippen LogP contribution in [0.4, 0.5) is 11.4 Å². The van der Waals surface area contributed by atoms with E-state index in [2.05, 4.69) is 15.3 Å². The van der Waals surface area contributed by atoms with Crippen molar-refractivity contribution in [2.45, 2.75) is 10.7 Å². The Morgan fingerprint density at radius 1 is 1.03 bits per heavy atom. The van der Waals surface area contributed by atoms with E-state index in [1.807, 2.05) is 29.8 Å². The molecule has 2 aromatic carbocycles. The molecule has 7 nitrogen and oxygen atoms in total. The molecule has 9 heteroatoms. The zero-order chi connectivity index (χ0) is 19.6. The lowest BCUT2D eigenvalue weighted by Crippen LogP contribution is -2.29. The van der Waals surface area contributed by atoms with Gasteiger partial charge in [-0.3, -0.25) is 4.98 Å². The van der Waals surface area contributed by atoms with Crippen molar-refractivity contribution < 1.29 is 17.9 Å². The first-order chi connectivity index (χ1) is 14.0. The Bertz CT molecular complexity index is 1390. The van der Waals surface area contributed by atoms with E-state index in [1.54, 1.807) is 29.7 Å². The molecular formula is C20H15N3O4S2. The van der Waals surface area contributed by atoms with Gasteiger partial charge in [-0.15, -0.1) is 11.3 Å². The van der Waals surface area contributed by atoms with E-state index in [0.717, 1.165) is 27.0 Å². The van der Waals surface area contributed by atoms with E-state index in [1.165, 1.54) is 0 Å². The summed E-state index contributed by atoms with van der Waals surface area (Å²) >= 11 is 1.59. The fraction of sp³-hybridized carbons (Fsp3) is 0.200. The van der Waals surface area contributed by atoms with Gasteiger partial charge in [0.25, 0.3) is 0 Å². The van der Waals surface area contributed by atoms with E-state index in [4.69, 9.17) is 9.47 Å². The van der Waals surface area contributed by atoms with Crippen LogP contribution in [-0.2, 0) is 25.1 Å². The molecule has 0 bridgehead atoms. The molecule has 0 amide bonds. The first-order valence-electron chi connectivity index (χ1n) is 9.08. The number of benzene rings is 2. The number of nitrogens with one attached hydrogen (secondary N) is 1. The lowest BCUT2D eigenvalue weighted by Gasteiger charge is -2.21. The van der Waals surface area contributed by atoms with Gasteiger partial charge in [0.05, 0.1) is 39.4 Å². The Hall–Kier alpha value is -2.59. The van der Waals surface area contributed by atoms with Gasteiger partial charge in [0.2, 0.25) is 5.79 Å². The molecule has 0 atom stereocenters. The van der Waals surface area contributed by atoms with Crippen LogP contribution >= 0.6 is 11.3 Å². The second-order valence-electron chi connectivity index (χ2n) is 7.09. The van der Waals surface area contributed by atoms with E-state index in [0.29, 0.717) is 24.3 Å². The van der Waals surface area contributed by atoms with Crippen LogP contribution in [-0.4, -0.2) is 37.4 Å². The summed E-state index contributed by atoms with van der Waals surface area (Å²) < 4.78 is 38.2. The van der Waals surface area contributed by atoms with Crippen LogP contribution in [0, 0.1) is 0 Å². The van der Waals surface area contributed by atoms with Crippen molar-refractivity contribution in [1.29, 1.82) is 0 Å². The number of thiazole rings is 1. The summed E-state index contributed by atoms with van der Waals surface area (Å²) in [5, 5.41) is 4.10. The zero-order valence-electron chi connectivity index (χ0n) is 15.1. The maximum absolute atomic E-state index is 12.8. The SMILES string of the molecule is O=S1(=O)CC2(OCCO2)c2cc3nccc(Nc4ccc5scnc5c4)c3cc21. The maximum atomic E-state index is 12.8. The Balaban J connectivity index is 1.51. The number of fused-ring (bicyclic) bond motifs is 4. The Morgan fingerprint density at radius 2 is 1.90 bits per heavy atom. The molecular weight excluding hydrogens is 410 g/mol. The van der Waals surface area contributed by atoms with Crippen LogP contribution in [0.2, 0.25) is 0 Å². The average Bonchev–Trinajstić information content (AvgIpc) is 3.40. The standard InChI is InChI=1S/C20H15N3O4S2/c24-29(25)10-20(26-5-6-27-20)14-9-16-13(8-19(14)29)15(3-4-21-16)23-12-1-2-18-17(7-12)22-11-28-18/h1-4,7-9,11H,5-6,10H2,(H,21,23). The molecule has 2 aromatic heterocycles. The number of sulfone groups is 1. The van der Waals surface area contributed by atoms with Crippen molar-refractivity contribution in [3.05, 3.63) is 53.7 Å². The summed E-state index contributed by atoms with van der Waals surface area (Å²) in [5.41, 5.74) is 5.59. The molecule has 1 N–H and O–H groups in total. The molecule has 146 valence electrons. The van der Waals surface area contributed by atoms with E-state index < -0.39 is 15.6 Å². The van der Waals surface area contributed by atoms with Gasteiger partial charge in [-0.05, 0) is 36.4 Å². The molecule has 2 aliphatic rings. The number of rotatable bonds is 2. The molecule has 6 rings (SSSR count). The number of nitrogens with zero attached hydrogens (tertiary/aromatic N) is 2. The summed E-state index contributed by atoms with van der Waals surface area (Å²) in [6.45, 7) is 0.752. The molecule has 0 radical (unpaired) electrons. The molecule has 4 aromatic rings. The van der Waals surface area contributed by atoms with Crippen molar-refractivity contribution in [3.63, 3.8) is 0 Å². The topological polar surface area (TPSA) is 90.4 Å². The second-order valence-corrected chi connectivity index (χ2v) is 9.94. The molecule has 1 spiro atoms. The van der Waals surface area contributed by atoms with Crippen LogP contribution in [0.15, 0.2) is 53.0 Å². The minimum Gasteiger partial charge on any atom is -0.355 e. The highest BCUT2D eigenvalue weighted by Crippen LogP contribution is 2.46. The van der Waals surface area contributed by atoms with Crippen molar-refractivity contribution in [2.24, 2.45) is 0 Å². The molecule has 4 heterocycles. The number of hydrogen-bond donors (Lipinski definition) is 1. The van der Waals surface area contributed by atoms with Crippen molar-refractivity contribution in [3.8, 4) is 0 Å². The van der Waals surface area contributed by atoms with Crippen LogP contribution in [0.1, 0.15) is 5.56 Å². The number of anilines is 2. The highest BCUT2D eigenvalue weighted by atomic mass is 32.2. The Morgan fingerprint density at radius 3 is 2.76 bits per heavy atom. The van der Waals surface area contributed by atoms with Crippen molar-refractivity contribution in [2.75, 3.05) is 24.3 Å². The maximum Gasteiger partial charge on any atom is 0.211 e. The van der Waals surface area contributed by atoms with Crippen LogP contribution < -0.4 is 5.32 Å². The van der Waals surface area contributed by atoms with E-state index in [9.17, 15) is 8.42 Å². The van der Waals surface area contributed by atoms with Gasteiger partial charge in [0.1, 0.15) is 5.75 Å². The fourth-order valence-electron chi connectivity index (χ4n) is 4.03. The first kappa shape index (κ1) is 17.3. The minimum atomic E-state index is -3.51. The van der Waals surface area contributed by atoms with Gasteiger partial charge in [-0.1, -0.05) is 0 Å². The molecule has 1 saturated heterocycles. The van der Waals surface area contributed by atoms with Crippen LogP contribution in [0.5, 0.6) is 0 Å². The highest BCUT2D eigenvalue weighted by Gasteiger charge is 2.52. The fourth-order valence-corrected chi connectivity index (χ4v) is 6.51. The lowest BCUT2D eigenvalue weighted by atomic mass is 10.0. The number of aromatic nitrogens is 2. The van der Waals surface area contributed by atoms with Crippen molar-refractivity contribution >= 4 is 53.7 Å². The quantitative estimate of drug-likeness (QED) is 0.525. The van der Waals surface area contributed by atoms with Gasteiger partial charge in [-0.2, -0.15) is 0 Å². The number of hydrogen-bond acceptors (Lipinski definition) is 8. The van der Waals surface area contributed by atoms with Crippen molar-refractivity contribution in [1.82, 2.24) is 9.97 Å². The monoisotopic (exact) mass is 425 g/mol. The van der Waals surface area contributed by atoms with Gasteiger partial charge in [0, 0.05) is 28.5 Å². The third-order valence-electron chi connectivity index (χ3n) is 5.33. The molecule has 0 saturated carbocycles. The van der Waals surface area contributed by atoms with Gasteiger partial charge >= 0.3 is 0 Å². The van der Waals surface area contributed by atoms with Gasteiger partial charge in [-0.25, -0.2) is 13.4 Å². The van der Waals surface area contributed by atoms with Crippen LogP contribution in [0.25, 0.3) is 21.1 Å². The normalized spacial score (nSPS) is 19.2. The summed E-state index contributed by atoms with van der Waals surface area (Å²) in [7, 11) is -3.51.